The average molecular weight is 427 g/mol. The molecular formula is C19H20Cl2N2O3S. The van der Waals surface area contributed by atoms with Crippen molar-refractivity contribution in [2.75, 3.05) is 17.1 Å². The number of amides is 1. The predicted octanol–water partition coefficient (Wildman–Crippen LogP) is 3.73. The van der Waals surface area contributed by atoms with Gasteiger partial charge in [0, 0.05) is 23.1 Å². The van der Waals surface area contributed by atoms with Crippen molar-refractivity contribution in [2.24, 2.45) is 0 Å². The third-order valence-corrected chi connectivity index (χ3v) is 6.29. The highest BCUT2D eigenvalue weighted by Crippen LogP contribution is 2.29. The van der Waals surface area contributed by atoms with Crippen molar-refractivity contribution in [3.63, 3.8) is 0 Å². The van der Waals surface area contributed by atoms with Gasteiger partial charge in [-0.1, -0.05) is 47.5 Å². The number of sulfonamides is 1. The molecular weight excluding hydrogens is 407 g/mol. The van der Waals surface area contributed by atoms with E-state index in [2.05, 4.69) is 6.07 Å². The maximum Gasteiger partial charge on any atom is 0.246 e. The van der Waals surface area contributed by atoms with Crippen LogP contribution in [0.1, 0.15) is 18.1 Å². The summed E-state index contributed by atoms with van der Waals surface area (Å²) in [4.78, 5) is 14.8. The first-order valence-electron chi connectivity index (χ1n) is 8.48. The van der Waals surface area contributed by atoms with Crippen molar-refractivity contribution in [3.8, 4) is 0 Å². The highest BCUT2D eigenvalue weighted by molar-refractivity contribution is 7.92. The molecule has 27 heavy (non-hydrogen) atoms. The molecule has 5 nitrogen and oxygen atoms in total. The van der Waals surface area contributed by atoms with E-state index in [-0.39, 0.29) is 11.6 Å². The molecule has 0 aliphatic carbocycles. The fraction of sp³-hybridized carbons (Fsp3) is 0.316. The third kappa shape index (κ3) is 4.39. The van der Waals surface area contributed by atoms with Gasteiger partial charge < -0.3 is 4.90 Å². The van der Waals surface area contributed by atoms with E-state index in [1.165, 1.54) is 23.8 Å². The third-order valence-electron chi connectivity index (χ3n) is 4.61. The molecule has 0 aromatic heterocycles. The summed E-state index contributed by atoms with van der Waals surface area (Å²) in [7, 11) is -3.73. The fourth-order valence-corrected chi connectivity index (χ4v) is 5.08. The van der Waals surface area contributed by atoms with Crippen LogP contribution in [-0.2, 0) is 27.8 Å². The Kier molecular flexibility index (Phi) is 5.70. The first-order valence-corrected chi connectivity index (χ1v) is 11.1. The van der Waals surface area contributed by atoms with Crippen molar-refractivity contribution >= 4 is 44.8 Å². The van der Waals surface area contributed by atoms with Gasteiger partial charge in [-0.05, 0) is 42.7 Å². The summed E-state index contributed by atoms with van der Waals surface area (Å²) in [6, 6.07) is 11.5. The molecule has 0 fully saturated rings. The van der Waals surface area contributed by atoms with Crippen LogP contribution in [0.3, 0.4) is 0 Å². The smallest absolute Gasteiger partial charge is 0.246 e. The van der Waals surface area contributed by atoms with Crippen molar-refractivity contribution in [1.82, 2.24) is 4.90 Å². The summed E-state index contributed by atoms with van der Waals surface area (Å²) in [5, 5.41) is 0.607. The molecule has 3 rings (SSSR count). The van der Waals surface area contributed by atoms with Crippen molar-refractivity contribution in [2.45, 2.75) is 25.9 Å². The largest absolute Gasteiger partial charge is 0.336 e. The number of hydrogen-bond acceptors (Lipinski definition) is 3. The topological polar surface area (TPSA) is 57.7 Å². The van der Waals surface area contributed by atoms with Crippen LogP contribution < -0.4 is 4.31 Å². The van der Waals surface area contributed by atoms with Crippen LogP contribution >= 0.6 is 23.2 Å². The standard InChI is InChI=1S/C19H20Cl2N2O3S/c1-13(19(24)22-8-7-14-5-3-4-6-15(14)12-22)23(27(2,25)26)18-10-16(20)9-17(21)11-18/h3-6,9-11,13H,7-8,12H2,1-2H3/t13-/m1/s1. The summed E-state index contributed by atoms with van der Waals surface area (Å²) in [5.74, 6) is -0.258. The second-order valence-electron chi connectivity index (χ2n) is 6.64. The van der Waals surface area contributed by atoms with E-state index in [0.717, 1.165) is 22.5 Å². The molecule has 2 aromatic rings. The number of rotatable bonds is 4. The summed E-state index contributed by atoms with van der Waals surface area (Å²) < 4.78 is 26.0. The first kappa shape index (κ1) is 20.0. The minimum Gasteiger partial charge on any atom is -0.336 e. The minimum absolute atomic E-state index is 0.258. The van der Waals surface area contributed by atoms with Gasteiger partial charge in [0.1, 0.15) is 6.04 Å². The van der Waals surface area contributed by atoms with Crippen molar-refractivity contribution in [1.29, 1.82) is 0 Å². The lowest BCUT2D eigenvalue weighted by Gasteiger charge is -2.35. The van der Waals surface area contributed by atoms with Gasteiger partial charge in [-0.25, -0.2) is 8.42 Å². The molecule has 0 unspecified atom stereocenters. The lowest BCUT2D eigenvalue weighted by molar-refractivity contribution is -0.132. The van der Waals surface area contributed by atoms with E-state index in [1.54, 1.807) is 11.8 Å². The van der Waals surface area contributed by atoms with Crippen molar-refractivity contribution in [3.05, 3.63) is 63.6 Å². The molecule has 1 atom stereocenters. The van der Waals surface area contributed by atoms with E-state index in [9.17, 15) is 13.2 Å². The van der Waals surface area contributed by atoms with Crippen LogP contribution in [0.5, 0.6) is 0 Å². The Balaban J connectivity index is 1.91. The van der Waals surface area contributed by atoms with Crippen LogP contribution in [0.15, 0.2) is 42.5 Å². The molecule has 144 valence electrons. The van der Waals surface area contributed by atoms with E-state index < -0.39 is 16.1 Å². The normalized spacial score (nSPS) is 15.2. The van der Waals surface area contributed by atoms with E-state index >= 15 is 0 Å². The molecule has 0 radical (unpaired) electrons. The summed E-state index contributed by atoms with van der Waals surface area (Å²) in [6.45, 7) is 2.60. The van der Waals surface area contributed by atoms with Gasteiger partial charge in [-0.3, -0.25) is 9.10 Å². The number of benzene rings is 2. The van der Waals surface area contributed by atoms with E-state index in [4.69, 9.17) is 23.2 Å². The number of nitrogens with zero attached hydrogens (tertiary/aromatic N) is 2. The first-order chi connectivity index (χ1) is 12.7. The molecule has 0 saturated heterocycles. The zero-order chi connectivity index (χ0) is 19.8. The highest BCUT2D eigenvalue weighted by atomic mass is 35.5. The molecule has 0 saturated carbocycles. The molecule has 0 N–H and O–H groups in total. The van der Waals surface area contributed by atoms with Crippen LogP contribution in [0.4, 0.5) is 5.69 Å². The van der Waals surface area contributed by atoms with E-state index in [0.29, 0.717) is 23.1 Å². The predicted molar refractivity (Wildman–Crippen MR) is 109 cm³/mol. The maximum atomic E-state index is 13.1. The van der Waals surface area contributed by atoms with Crippen LogP contribution in [0.25, 0.3) is 0 Å². The highest BCUT2D eigenvalue weighted by Gasteiger charge is 2.33. The Hall–Kier alpha value is -1.76. The molecule has 0 bridgehead atoms. The number of fused-ring (bicyclic) bond motifs is 1. The average Bonchev–Trinajstić information content (AvgIpc) is 2.58. The summed E-state index contributed by atoms with van der Waals surface area (Å²) in [6.07, 6.45) is 1.81. The number of anilines is 1. The minimum atomic E-state index is -3.73. The van der Waals surface area contributed by atoms with Crippen LogP contribution in [0.2, 0.25) is 10.0 Å². The van der Waals surface area contributed by atoms with Gasteiger partial charge in [0.25, 0.3) is 0 Å². The van der Waals surface area contributed by atoms with E-state index in [1.807, 2.05) is 18.2 Å². The quantitative estimate of drug-likeness (QED) is 0.747. The van der Waals surface area contributed by atoms with Gasteiger partial charge in [-0.2, -0.15) is 0 Å². The molecule has 1 heterocycles. The molecule has 8 heteroatoms. The maximum absolute atomic E-state index is 13.1. The van der Waals surface area contributed by atoms with Gasteiger partial charge in [0.15, 0.2) is 0 Å². The molecule has 2 aromatic carbocycles. The Morgan fingerprint density at radius 1 is 1.11 bits per heavy atom. The zero-order valence-corrected chi connectivity index (χ0v) is 17.4. The molecule has 1 aliphatic rings. The number of carbonyl (C=O) groups excluding carboxylic acids is 1. The number of carbonyl (C=O) groups is 1. The SMILES string of the molecule is C[C@H](C(=O)N1CCc2ccccc2C1)N(c1cc(Cl)cc(Cl)c1)S(C)(=O)=O. The molecule has 0 spiro atoms. The van der Waals surface area contributed by atoms with Gasteiger partial charge >= 0.3 is 0 Å². The van der Waals surface area contributed by atoms with Gasteiger partial charge in [0.2, 0.25) is 15.9 Å². The van der Waals surface area contributed by atoms with Crippen molar-refractivity contribution < 1.29 is 13.2 Å². The lowest BCUT2D eigenvalue weighted by atomic mass is 9.99. The Bertz CT molecular complexity index is 958. The lowest BCUT2D eigenvalue weighted by Crippen LogP contribution is -2.50. The van der Waals surface area contributed by atoms with Crippen LogP contribution in [0, 0.1) is 0 Å². The monoisotopic (exact) mass is 426 g/mol. The van der Waals surface area contributed by atoms with Gasteiger partial charge in [-0.15, -0.1) is 0 Å². The second kappa shape index (κ2) is 7.70. The van der Waals surface area contributed by atoms with Gasteiger partial charge in [0.05, 0.1) is 11.9 Å². The zero-order valence-electron chi connectivity index (χ0n) is 15.0. The molecule has 1 amide bonds. The summed E-state index contributed by atoms with van der Waals surface area (Å²) in [5.41, 5.74) is 2.57. The Labute approximate surface area is 169 Å². The number of halogens is 2. The Morgan fingerprint density at radius 2 is 1.70 bits per heavy atom. The fourth-order valence-electron chi connectivity index (χ4n) is 3.42. The second-order valence-corrected chi connectivity index (χ2v) is 9.37. The van der Waals surface area contributed by atoms with Crippen LogP contribution in [-0.4, -0.2) is 38.1 Å². The summed E-state index contributed by atoms with van der Waals surface area (Å²) >= 11 is 12.1. The number of hydrogen-bond donors (Lipinski definition) is 0. The molecule has 1 aliphatic heterocycles. The Morgan fingerprint density at radius 3 is 2.30 bits per heavy atom.